The van der Waals surface area contributed by atoms with Gasteiger partial charge in [0.25, 0.3) is 5.91 Å². The number of methoxy groups -OCH3 is 1. The molecule has 1 aromatic carbocycles. The second-order valence-corrected chi connectivity index (χ2v) is 5.73. The third kappa shape index (κ3) is 3.87. The van der Waals surface area contributed by atoms with Gasteiger partial charge in [-0.25, -0.2) is 0 Å². The zero-order valence-corrected chi connectivity index (χ0v) is 13.5. The predicted molar refractivity (Wildman–Crippen MR) is 80.5 cm³/mol. The normalized spacial score (nSPS) is 20.6. The maximum Gasteiger partial charge on any atom is 0.406 e. The van der Waals surface area contributed by atoms with Gasteiger partial charge < -0.3 is 19.5 Å². The summed E-state index contributed by atoms with van der Waals surface area (Å²) in [5.74, 6) is -2.25. The number of aliphatic carboxylic acids is 1. The van der Waals surface area contributed by atoms with Crippen molar-refractivity contribution in [3.63, 3.8) is 0 Å². The summed E-state index contributed by atoms with van der Waals surface area (Å²) >= 11 is 0. The Morgan fingerprint density at radius 2 is 2.04 bits per heavy atom. The predicted octanol–water partition coefficient (Wildman–Crippen LogP) is 2.19. The summed E-state index contributed by atoms with van der Waals surface area (Å²) in [7, 11) is 1.51. The molecule has 1 fully saturated rings. The Hall–Kier alpha value is -2.29. The van der Waals surface area contributed by atoms with Gasteiger partial charge in [-0.15, -0.1) is 0 Å². The number of likely N-dealkylation sites (tertiary alicyclic amines) is 1. The number of carbonyl (C=O) groups is 2. The Morgan fingerprint density at radius 3 is 2.60 bits per heavy atom. The molecule has 1 heterocycles. The topological polar surface area (TPSA) is 76.1 Å². The van der Waals surface area contributed by atoms with Crippen LogP contribution < -0.4 is 4.74 Å². The Balaban J connectivity index is 2.14. The summed E-state index contributed by atoms with van der Waals surface area (Å²) in [6.45, 7) is -0.579. The van der Waals surface area contributed by atoms with E-state index >= 15 is 0 Å². The van der Waals surface area contributed by atoms with E-state index < -0.39 is 36.4 Å². The van der Waals surface area contributed by atoms with Crippen molar-refractivity contribution in [2.24, 2.45) is 5.41 Å². The highest BCUT2D eigenvalue weighted by molar-refractivity contribution is 5.95. The van der Waals surface area contributed by atoms with Crippen LogP contribution in [-0.2, 0) is 9.53 Å². The van der Waals surface area contributed by atoms with Crippen molar-refractivity contribution in [3.05, 3.63) is 29.8 Å². The van der Waals surface area contributed by atoms with Gasteiger partial charge in [0.15, 0.2) is 5.41 Å². The van der Waals surface area contributed by atoms with Gasteiger partial charge in [0.05, 0.1) is 6.61 Å². The molecular formula is C16H18F3NO5. The number of hydrogen-bond acceptors (Lipinski definition) is 4. The van der Waals surface area contributed by atoms with Gasteiger partial charge in [0.2, 0.25) is 0 Å². The van der Waals surface area contributed by atoms with Crippen LogP contribution >= 0.6 is 0 Å². The van der Waals surface area contributed by atoms with Crippen molar-refractivity contribution in [2.75, 3.05) is 33.4 Å². The van der Waals surface area contributed by atoms with Crippen LogP contribution in [0.1, 0.15) is 16.8 Å². The molecule has 1 unspecified atom stereocenters. The highest BCUT2D eigenvalue weighted by atomic mass is 19.4. The summed E-state index contributed by atoms with van der Waals surface area (Å²) in [5.41, 5.74) is -2.78. The van der Waals surface area contributed by atoms with Crippen LogP contribution in [0, 0.1) is 5.41 Å². The average molecular weight is 361 g/mol. The summed E-state index contributed by atoms with van der Waals surface area (Å²) < 4.78 is 49.8. The van der Waals surface area contributed by atoms with Gasteiger partial charge in [-0.05, 0) is 24.6 Å². The van der Waals surface area contributed by atoms with Crippen LogP contribution in [0.15, 0.2) is 24.3 Å². The minimum atomic E-state index is -4.93. The minimum Gasteiger partial charge on any atom is -0.491 e. The van der Waals surface area contributed by atoms with Crippen molar-refractivity contribution in [1.29, 1.82) is 0 Å². The molecule has 9 heteroatoms. The molecule has 1 saturated heterocycles. The number of amides is 1. The Morgan fingerprint density at radius 1 is 1.32 bits per heavy atom. The molecular weight excluding hydrogens is 343 g/mol. The molecule has 25 heavy (non-hydrogen) atoms. The van der Waals surface area contributed by atoms with Crippen LogP contribution in [0.3, 0.4) is 0 Å². The number of carbonyl (C=O) groups excluding carboxylic acids is 1. The molecule has 2 rings (SSSR count). The molecule has 1 aliphatic rings. The first-order chi connectivity index (χ1) is 11.7. The van der Waals surface area contributed by atoms with Crippen molar-refractivity contribution >= 4 is 11.9 Å². The number of benzene rings is 1. The number of hydrogen-bond donors (Lipinski definition) is 1. The number of alkyl halides is 3. The Kier molecular flexibility index (Phi) is 5.56. The first kappa shape index (κ1) is 19.0. The Bertz CT molecular complexity index is 649. The third-order valence-electron chi connectivity index (χ3n) is 4.15. The number of halogens is 3. The zero-order valence-electron chi connectivity index (χ0n) is 13.5. The fourth-order valence-electron chi connectivity index (χ4n) is 2.65. The summed E-state index contributed by atoms with van der Waals surface area (Å²) in [6, 6.07) is 6.00. The SMILES string of the molecule is COCCOc1cccc(C(=O)N2CCC(C(=O)O)(C(F)(F)F)C2)c1. The van der Waals surface area contributed by atoms with Crippen molar-refractivity contribution in [1.82, 2.24) is 4.90 Å². The van der Waals surface area contributed by atoms with E-state index in [-0.39, 0.29) is 18.7 Å². The van der Waals surface area contributed by atoms with E-state index in [4.69, 9.17) is 14.6 Å². The van der Waals surface area contributed by atoms with E-state index in [0.717, 1.165) is 4.90 Å². The fourth-order valence-corrected chi connectivity index (χ4v) is 2.65. The summed E-state index contributed by atoms with van der Waals surface area (Å²) in [4.78, 5) is 24.6. The van der Waals surface area contributed by atoms with Crippen LogP contribution in [0.4, 0.5) is 13.2 Å². The van der Waals surface area contributed by atoms with Crippen molar-refractivity contribution < 1.29 is 37.3 Å². The third-order valence-corrected chi connectivity index (χ3v) is 4.15. The highest BCUT2D eigenvalue weighted by Gasteiger charge is 2.64. The second-order valence-electron chi connectivity index (χ2n) is 5.73. The number of rotatable bonds is 6. The van der Waals surface area contributed by atoms with Crippen LogP contribution in [0.25, 0.3) is 0 Å². The maximum atomic E-state index is 13.2. The molecule has 1 N–H and O–H groups in total. The van der Waals surface area contributed by atoms with Crippen LogP contribution in [-0.4, -0.2) is 61.5 Å². The summed E-state index contributed by atoms with van der Waals surface area (Å²) in [5, 5.41) is 9.04. The van der Waals surface area contributed by atoms with Gasteiger partial charge in [0.1, 0.15) is 12.4 Å². The van der Waals surface area contributed by atoms with Gasteiger partial charge in [-0.3, -0.25) is 9.59 Å². The van der Waals surface area contributed by atoms with E-state index in [1.807, 2.05) is 0 Å². The van der Waals surface area contributed by atoms with E-state index in [1.54, 1.807) is 12.1 Å². The lowest BCUT2D eigenvalue weighted by atomic mass is 9.86. The first-order valence-corrected chi connectivity index (χ1v) is 7.52. The quantitative estimate of drug-likeness (QED) is 0.786. The first-order valence-electron chi connectivity index (χ1n) is 7.52. The number of nitrogens with zero attached hydrogens (tertiary/aromatic N) is 1. The van der Waals surface area contributed by atoms with Gasteiger partial charge in [-0.1, -0.05) is 6.07 Å². The van der Waals surface area contributed by atoms with E-state index in [1.165, 1.54) is 19.2 Å². The molecule has 1 amide bonds. The lowest BCUT2D eigenvalue weighted by Crippen LogP contribution is -2.47. The van der Waals surface area contributed by atoms with Crippen molar-refractivity contribution in [2.45, 2.75) is 12.6 Å². The van der Waals surface area contributed by atoms with E-state index in [9.17, 15) is 22.8 Å². The molecule has 0 spiro atoms. The maximum absolute atomic E-state index is 13.2. The molecule has 1 aromatic rings. The van der Waals surface area contributed by atoms with E-state index in [0.29, 0.717) is 12.4 Å². The van der Waals surface area contributed by atoms with Crippen LogP contribution in [0.5, 0.6) is 5.75 Å². The molecule has 138 valence electrons. The molecule has 0 saturated carbocycles. The largest absolute Gasteiger partial charge is 0.491 e. The van der Waals surface area contributed by atoms with Crippen LogP contribution in [0.2, 0.25) is 0 Å². The highest BCUT2D eigenvalue weighted by Crippen LogP contribution is 2.46. The Labute approximate surface area is 142 Å². The smallest absolute Gasteiger partial charge is 0.406 e. The van der Waals surface area contributed by atoms with Gasteiger partial charge >= 0.3 is 12.1 Å². The molecule has 0 bridgehead atoms. The monoisotopic (exact) mass is 361 g/mol. The molecule has 6 nitrogen and oxygen atoms in total. The number of carboxylic acids is 1. The average Bonchev–Trinajstić information content (AvgIpc) is 3.01. The second kappa shape index (κ2) is 7.30. The fraction of sp³-hybridized carbons (Fsp3) is 0.500. The molecule has 0 aromatic heterocycles. The standard InChI is InChI=1S/C16H18F3NO5/c1-24-7-8-25-12-4-2-3-11(9-12)13(21)20-6-5-15(10-20,14(22)23)16(17,18)19/h2-4,9H,5-8,10H2,1H3,(H,22,23). The lowest BCUT2D eigenvalue weighted by Gasteiger charge is -2.27. The number of ether oxygens (including phenoxy) is 2. The van der Waals surface area contributed by atoms with Gasteiger partial charge in [0, 0.05) is 25.8 Å². The van der Waals surface area contributed by atoms with Gasteiger partial charge in [-0.2, -0.15) is 13.2 Å². The lowest BCUT2D eigenvalue weighted by molar-refractivity contribution is -0.227. The number of carboxylic acid groups (broad SMARTS) is 1. The zero-order chi connectivity index (χ0) is 18.7. The molecule has 1 atom stereocenters. The summed E-state index contributed by atoms with van der Waals surface area (Å²) in [6.07, 6.45) is -5.60. The molecule has 0 radical (unpaired) electrons. The molecule has 1 aliphatic heterocycles. The van der Waals surface area contributed by atoms with E-state index in [2.05, 4.69) is 0 Å². The molecule has 0 aliphatic carbocycles. The van der Waals surface area contributed by atoms with Crippen molar-refractivity contribution in [3.8, 4) is 5.75 Å². The minimum absolute atomic E-state index is 0.137.